The molecule has 146 valence electrons. The number of amides is 1. The standard InChI is InChI=1S/C17H24FIN2O4S/c1-12-14(19)9-13(10-15(12)26(18,23)24)11-20-5-7-21(8-6-20)16(22)25-17(2,3)4/h9-10H,5-8,11H2,1-4H3. The van der Waals surface area contributed by atoms with Gasteiger partial charge in [-0.05, 0) is 73.5 Å². The molecule has 6 nitrogen and oxygen atoms in total. The molecule has 1 aromatic carbocycles. The van der Waals surface area contributed by atoms with Crippen molar-refractivity contribution in [2.45, 2.75) is 44.7 Å². The Hall–Kier alpha value is -0.940. The first-order valence-corrected chi connectivity index (χ1v) is 10.8. The van der Waals surface area contributed by atoms with E-state index in [0.29, 0.717) is 41.9 Å². The average Bonchev–Trinajstić information content (AvgIpc) is 2.48. The molecule has 0 atom stereocenters. The summed E-state index contributed by atoms with van der Waals surface area (Å²) in [6.45, 7) is 9.93. The third-order valence-electron chi connectivity index (χ3n) is 4.05. The predicted molar refractivity (Wildman–Crippen MR) is 105 cm³/mol. The van der Waals surface area contributed by atoms with Crippen molar-refractivity contribution >= 4 is 38.9 Å². The first-order valence-electron chi connectivity index (χ1n) is 8.31. The number of carbonyl (C=O) groups excluding carboxylic acids is 1. The monoisotopic (exact) mass is 498 g/mol. The van der Waals surface area contributed by atoms with E-state index in [1.54, 1.807) is 11.8 Å². The number of halogens is 2. The molecule has 0 aliphatic carbocycles. The van der Waals surface area contributed by atoms with E-state index < -0.39 is 15.8 Å². The zero-order chi connectivity index (χ0) is 19.7. The maximum atomic E-state index is 13.5. The van der Waals surface area contributed by atoms with Crippen LogP contribution in [0.5, 0.6) is 0 Å². The van der Waals surface area contributed by atoms with E-state index in [2.05, 4.69) is 4.90 Å². The highest BCUT2D eigenvalue weighted by Gasteiger charge is 2.26. The summed E-state index contributed by atoms with van der Waals surface area (Å²) in [5.41, 5.74) is 0.634. The summed E-state index contributed by atoms with van der Waals surface area (Å²) in [6.07, 6.45) is -0.326. The van der Waals surface area contributed by atoms with Crippen LogP contribution in [0.15, 0.2) is 17.0 Å². The van der Waals surface area contributed by atoms with Crippen LogP contribution in [-0.2, 0) is 21.5 Å². The molecular formula is C17H24FIN2O4S. The zero-order valence-corrected chi connectivity index (χ0v) is 18.4. The summed E-state index contributed by atoms with van der Waals surface area (Å²) in [5, 5.41) is 0. The van der Waals surface area contributed by atoms with Gasteiger partial charge in [0.05, 0.1) is 0 Å². The van der Waals surface area contributed by atoms with E-state index in [9.17, 15) is 17.1 Å². The van der Waals surface area contributed by atoms with E-state index in [1.807, 2.05) is 49.4 Å². The Labute approximate surface area is 168 Å². The maximum Gasteiger partial charge on any atom is 0.410 e. The van der Waals surface area contributed by atoms with Crippen LogP contribution in [0.1, 0.15) is 31.9 Å². The van der Waals surface area contributed by atoms with Gasteiger partial charge in [-0.2, -0.15) is 8.42 Å². The predicted octanol–water partition coefficient (Wildman–Crippen LogP) is 3.31. The molecule has 1 aromatic rings. The Balaban J connectivity index is 2.02. The van der Waals surface area contributed by atoms with Gasteiger partial charge < -0.3 is 9.64 Å². The Morgan fingerprint density at radius 3 is 2.31 bits per heavy atom. The van der Waals surface area contributed by atoms with Gasteiger partial charge in [0.1, 0.15) is 10.5 Å². The van der Waals surface area contributed by atoms with Crippen LogP contribution in [-0.4, -0.2) is 56.1 Å². The molecule has 1 saturated heterocycles. The topological polar surface area (TPSA) is 66.9 Å². The quantitative estimate of drug-likeness (QED) is 0.473. The molecule has 9 heteroatoms. The molecule has 1 fully saturated rings. The van der Waals surface area contributed by atoms with Gasteiger partial charge in [0, 0.05) is 36.3 Å². The second-order valence-corrected chi connectivity index (χ2v) is 9.86. The number of carbonyl (C=O) groups is 1. The fourth-order valence-corrected chi connectivity index (χ4v) is 4.37. The molecule has 1 amide bonds. The molecule has 1 aliphatic heterocycles. The second kappa shape index (κ2) is 7.97. The van der Waals surface area contributed by atoms with Gasteiger partial charge in [-0.1, -0.05) is 0 Å². The van der Waals surface area contributed by atoms with Crippen molar-refractivity contribution in [1.82, 2.24) is 9.80 Å². The zero-order valence-electron chi connectivity index (χ0n) is 15.4. The molecule has 0 bridgehead atoms. The highest BCUT2D eigenvalue weighted by atomic mass is 127. The lowest BCUT2D eigenvalue weighted by molar-refractivity contribution is 0.0139. The van der Waals surface area contributed by atoms with Crippen molar-refractivity contribution in [3.8, 4) is 0 Å². The summed E-state index contributed by atoms with van der Waals surface area (Å²) in [7, 11) is -4.75. The van der Waals surface area contributed by atoms with E-state index in [0.717, 1.165) is 5.56 Å². The van der Waals surface area contributed by atoms with E-state index >= 15 is 0 Å². The Bertz CT molecular complexity index is 785. The molecule has 2 rings (SSSR count). The van der Waals surface area contributed by atoms with Crippen molar-refractivity contribution < 1.29 is 21.8 Å². The smallest absolute Gasteiger partial charge is 0.410 e. The first-order chi connectivity index (χ1) is 11.9. The number of hydrogen-bond acceptors (Lipinski definition) is 5. The Morgan fingerprint density at radius 2 is 1.81 bits per heavy atom. The minimum atomic E-state index is -4.75. The van der Waals surface area contributed by atoms with Crippen molar-refractivity contribution in [2.75, 3.05) is 26.2 Å². The third-order valence-corrected chi connectivity index (χ3v) is 6.12. The summed E-state index contributed by atoms with van der Waals surface area (Å²) in [4.78, 5) is 15.6. The Kier molecular flexibility index (Phi) is 6.55. The molecule has 0 spiro atoms. The third kappa shape index (κ3) is 5.78. The van der Waals surface area contributed by atoms with Gasteiger partial charge in [0.15, 0.2) is 0 Å². The van der Waals surface area contributed by atoms with Gasteiger partial charge in [-0.15, -0.1) is 3.89 Å². The van der Waals surface area contributed by atoms with Crippen LogP contribution in [0.25, 0.3) is 0 Å². The highest BCUT2D eigenvalue weighted by molar-refractivity contribution is 14.1. The van der Waals surface area contributed by atoms with Crippen molar-refractivity contribution in [2.24, 2.45) is 0 Å². The Morgan fingerprint density at radius 1 is 1.23 bits per heavy atom. The lowest BCUT2D eigenvalue weighted by Crippen LogP contribution is -2.49. The normalized spacial score (nSPS) is 16.6. The van der Waals surface area contributed by atoms with Crippen LogP contribution >= 0.6 is 22.6 Å². The molecule has 0 saturated carbocycles. The molecule has 0 unspecified atom stereocenters. The lowest BCUT2D eigenvalue weighted by atomic mass is 10.1. The van der Waals surface area contributed by atoms with Crippen molar-refractivity contribution in [3.63, 3.8) is 0 Å². The molecule has 0 N–H and O–H groups in total. The largest absolute Gasteiger partial charge is 0.444 e. The maximum absolute atomic E-state index is 13.5. The molecule has 1 heterocycles. The molecule has 0 aromatic heterocycles. The van der Waals surface area contributed by atoms with Gasteiger partial charge in [-0.25, -0.2) is 4.79 Å². The number of ether oxygens (including phenoxy) is 1. The minimum Gasteiger partial charge on any atom is -0.444 e. The summed E-state index contributed by atoms with van der Waals surface area (Å²) < 4.78 is 42.3. The highest BCUT2D eigenvalue weighted by Crippen LogP contribution is 2.25. The second-order valence-electron chi connectivity index (χ2n) is 7.38. The fourth-order valence-electron chi connectivity index (χ4n) is 2.72. The van der Waals surface area contributed by atoms with Gasteiger partial charge in [0.25, 0.3) is 0 Å². The van der Waals surface area contributed by atoms with E-state index in [4.69, 9.17) is 4.74 Å². The van der Waals surface area contributed by atoms with Crippen LogP contribution in [0.4, 0.5) is 8.68 Å². The van der Waals surface area contributed by atoms with Crippen LogP contribution in [0.2, 0.25) is 0 Å². The number of hydrogen-bond donors (Lipinski definition) is 0. The minimum absolute atomic E-state index is 0.271. The lowest BCUT2D eigenvalue weighted by Gasteiger charge is -2.35. The van der Waals surface area contributed by atoms with Crippen LogP contribution < -0.4 is 0 Å². The van der Waals surface area contributed by atoms with Gasteiger partial charge in [-0.3, -0.25) is 4.90 Å². The average molecular weight is 498 g/mol. The van der Waals surface area contributed by atoms with Crippen molar-refractivity contribution in [1.29, 1.82) is 0 Å². The summed E-state index contributed by atoms with van der Waals surface area (Å²) >= 11 is 2.01. The van der Waals surface area contributed by atoms with Gasteiger partial charge in [0.2, 0.25) is 0 Å². The summed E-state index contributed by atoms with van der Waals surface area (Å²) in [6, 6.07) is 3.26. The number of rotatable bonds is 3. The summed E-state index contributed by atoms with van der Waals surface area (Å²) in [5.74, 6) is 0. The van der Waals surface area contributed by atoms with E-state index in [-0.39, 0.29) is 11.0 Å². The number of nitrogens with zero attached hydrogens (tertiary/aromatic N) is 2. The molecule has 0 radical (unpaired) electrons. The number of piperazine rings is 1. The SMILES string of the molecule is Cc1c(I)cc(CN2CCN(C(=O)OC(C)(C)C)CC2)cc1S(=O)(=O)F. The fraction of sp³-hybridized carbons (Fsp3) is 0.588. The first kappa shape index (κ1) is 21.4. The van der Waals surface area contributed by atoms with E-state index in [1.165, 1.54) is 6.07 Å². The molecular weight excluding hydrogens is 474 g/mol. The molecule has 26 heavy (non-hydrogen) atoms. The van der Waals surface area contributed by atoms with Crippen molar-refractivity contribution in [3.05, 3.63) is 26.8 Å². The number of benzene rings is 1. The van der Waals surface area contributed by atoms with Gasteiger partial charge >= 0.3 is 16.3 Å². The van der Waals surface area contributed by atoms with Crippen LogP contribution in [0.3, 0.4) is 0 Å². The molecule has 1 aliphatic rings. The van der Waals surface area contributed by atoms with Crippen LogP contribution in [0, 0.1) is 10.5 Å².